The van der Waals surface area contributed by atoms with E-state index in [1.807, 2.05) is 6.07 Å². The molecule has 46 heavy (non-hydrogen) atoms. The maximum absolute atomic E-state index is 6.58. The minimum Gasteiger partial charge on any atom is -0.454 e. The van der Waals surface area contributed by atoms with Crippen LogP contribution in [0.25, 0.3) is 88.1 Å². The van der Waals surface area contributed by atoms with Crippen LogP contribution in [0.15, 0.2) is 156 Å². The van der Waals surface area contributed by atoms with Gasteiger partial charge >= 0.3 is 0 Å². The zero-order valence-corrected chi connectivity index (χ0v) is 25.2. The van der Waals surface area contributed by atoms with Crippen molar-refractivity contribution in [2.24, 2.45) is 0 Å². The second kappa shape index (κ2) is 9.47. The molecule has 0 radical (unpaired) electrons. The first-order valence-corrected chi connectivity index (χ1v) is 15.8. The van der Waals surface area contributed by atoms with E-state index in [0.717, 1.165) is 38.7 Å². The molecule has 0 fully saturated rings. The molecule has 7 aromatic carbocycles. The molecule has 3 nitrogen and oxygen atoms in total. The van der Waals surface area contributed by atoms with Gasteiger partial charge in [-0.2, -0.15) is 0 Å². The summed E-state index contributed by atoms with van der Waals surface area (Å²) < 4.78 is 11.3. The Morgan fingerprint density at radius 3 is 1.85 bits per heavy atom. The van der Waals surface area contributed by atoms with Gasteiger partial charge in [-0.1, -0.05) is 91.0 Å². The minimum absolute atomic E-state index is 0.912. The summed E-state index contributed by atoms with van der Waals surface area (Å²) in [6.07, 6.45) is 0. The highest BCUT2D eigenvalue weighted by Crippen LogP contribution is 2.42. The van der Waals surface area contributed by atoms with Crippen molar-refractivity contribution in [3.8, 4) is 22.5 Å². The third kappa shape index (κ3) is 3.48. The second-order valence-electron chi connectivity index (χ2n) is 12.2. The summed E-state index contributed by atoms with van der Waals surface area (Å²) in [6.45, 7) is 2.22. The zero-order chi connectivity index (χ0) is 30.4. The van der Waals surface area contributed by atoms with E-state index in [9.17, 15) is 0 Å². The molecule has 0 spiro atoms. The van der Waals surface area contributed by atoms with Crippen LogP contribution >= 0.6 is 0 Å². The Labute approximate surface area is 265 Å². The van der Waals surface area contributed by atoms with E-state index in [4.69, 9.17) is 4.42 Å². The van der Waals surface area contributed by atoms with Crippen LogP contribution in [0.5, 0.6) is 0 Å². The van der Waals surface area contributed by atoms with E-state index in [0.29, 0.717) is 0 Å². The average molecular weight is 589 g/mol. The smallest absolute Gasteiger partial charge is 0.160 e. The van der Waals surface area contributed by atoms with Gasteiger partial charge in [0.25, 0.3) is 0 Å². The number of nitrogens with zero attached hydrogens (tertiary/aromatic N) is 2. The number of aryl methyl sites for hydroxylation is 1. The van der Waals surface area contributed by atoms with Crippen LogP contribution in [-0.4, -0.2) is 9.13 Å². The van der Waals surface area contributed by atoms with Gasteiger partial charge in [0.1, 0.15) is 5.58 Å². The monoisotopic (exact) mass is 588 g/mol. The van der Waals surface area contributed by atoms with Crippen molar-refractivity contribution in [3.05, 3.63) is 157 Å². The predicted octanol–water partition coefficient (Wildman–Crippen LogP) is 11.8. The molecule has 0 aliphatic rings. The molecule has 10 rings (SSSR count). The Kier molecular flexibility index (Phi) is 5.20. The highest BCUT2D eigenvalue weighted by molar-refractivity contribution is 6.22. The van der Waals surface area contributed by atoms with Crippen molar-refractivity contribution in [2.75, 3.05) is 0 Å². The Balaban J connectivity index is 1.19. The SMILES string of the molecule is Cc1cc(-n2c3ccccc3c3ccccc32)ccc1-c1ccc2c(c1)c1ccc3c4ccccc4oc3c1n2-c1ccccc1. The van der Waals surface area contributed by atoms with E-state index in [1.165, 1.54) is 55.0 Å². The van der Waals surface area contributed by atoms with Crippen molar-refractivity contribution in [2.45, 2.75) is 6.92 Å². The molecule has 0 unspecified atom stereocenters. The standard InChI is InChI=1S/C43H28N2O/c1-27-25-30(44-38-16-8-5-13-32(38)33-14-6-9-17-39(33)44)20-21-31(27)28-19-24-40-37(26-28)35-22-23-36-34-15-7-10-18-41(34)46-43(36)42(35)45(40)29-11-3-2-4-12-29/h2-26H,1H3. The molecule has 3 heterocycles. The fourth-order valence-electron chi connectivity index (χ4n) is 7.61. The van der Waals surface area contributed by atoms with Gasteiger partial charge in [0.05, 0.1) is 22.1 Å². The Hall–Kier alpha value is -6.06. The summed E-state index contributed by atoms with van der Waals surface area (Å²) in [5.74, 6) is 0. The van der Waals surface area contributed by atoms with E-state index < -0.39 is 0 Å². The lowest BCUT2D eigenvalue weighted by Crippen LogP contribution is -1.96. The normalized spacial score (nSPS) is 12.0. The highest BCUT2D eigenvalue weighted by atomic mass is 16.3. The number of hydrogen-bond acceptors (Lipinski definition) is 1. The summed E-state index contributed by atoms with van der Waals surface area (Å²) in [4.78, 5) is 0. The molecule has 0 amide bonds. The number of fused-ring (bicyclic) bond motifs is 10. The maximum atomic E-state index is 6.58. The lowest BCUT2D eigenvalue weighted by atomic mass is 9.98. The van der Waals surface area contributed by atoms with Crippen molar-refractivity contribution in [1.29, 1.82) is 0 Å². The molecule has 3 aromatic heterocycles. The molecule has 10 aromatic rings. The first kappa shape index (κ1) is 25.3. The van der Waals surface area contributed by atoms with Gasteiger partial charge in [-0.3, -0.25) is 0 Å². The quantitative estimate of drug-likeness (QED) is 0.201. The van der Waals surface area contributed by atoms with Crippen molar-refractivity contribution in [1.82, 2.24) is 9.13 Å². The van der Waals surface area contributed by atoms with Crippen molar-refractivity contribution < 1.29 is 4.42 Å². The molecule has 216 valence electrons. The zero-order valence-electron chi connectivity index (χ0n) is 25.2. The van der Waals surface area contributed by atoms with E-state index in [1.54, 1.807) is 0 Å². The topological polar surface area (TPSA) is 23.0 Å². The van der Waals surface area contributed by atoms with Gasteiger partial charge in [-0.05, 0) is 84.3 Å². The van der Waals surface area contributed by atoms with Crippen LogP contribution in [0.3, 0.4) is 0 Å². The molecular weight excluding hydrogens is 560 g/mol. The first-order chi connectivity index (χ1) is 22.7. The molecule has 0 bridgehead atoms. The van der Waals surface area contributed by atoms with Crippen LogP contribution in [0.2, 0.25) is 0 Å². The van der Waals surface area contributed by atoms with Gasteiger partial charge in [0.2, 0.25) is 0 Å². The molecule has 0 aliphatic heterocycles. The van der Waals surface area contributed by atoms with E-state index in [2.05, 4.69) is 162 Å². The molecule has 0 saturated heterocycles. The molecule has 0 saturated carbocycles. The highest BCUT2D eigenvalue weighted by Gasteiger charge is 2.20. The fourth-order valence-corrected chi connectivity index (χ4v) is 7.61. The van der Waals surface area contributed by atoms with Crippen LogP contribution < -0.4 is 0 Å². The Morgan fingerprint density at radius 1 is 0.435 bits per heavy atom. The maximum Gasteiger partial charge on any atom is 0.160 e. The number of rotatable bonds is 3. The molecular formula is C43H28N2O. The van der Waals surface area contributed by atoms with Gasteiger partial charge in [-0.25, -0.2) is 0 Å². The summed E-state index contributed by atoms with van der Waals surface area (Å²) in [7, 11) is 0. The molecule has 0 aliphatic carbocycles. The van der Waals surface area contributed by atoms with Crippen LogP contribution in [0.4, 0.5) is 0 Å². The third-order valence-corrected chi connectivity index (χ3v) is 9.65. The van der Waals surface area contributed by atoms with Crippen LogP contribution in [-0.2, 0) is 0 Å². The van der Waals surface area contributed by atoms with Crippen LogP contribution in [0, 0.1) is 6.92 Å². The van der Waals surface area contributed by atoms with Gasteiger partial charge in [0.15, 0.2) is 5.58 Å². The number of para-hydroxylation sites is 4. The number of furan rings is 1. The minimum atomic E-state index is 0.912. The van der Waals surface area contributed by atoms with Crippen molar-refractivity contribution >= 4 is 65.6 Å². The summed E-state index contributed by atoms with van der Waals surface area (Å²) in [6, 6.07) is 54.5. The number of hydrogen-bond donors (Lipinski definition) is 0. The van der Waals surface area contributed by atoms with Crippen molar-refractivity contribution in [3.63, 3.8) is 0 Å². The van der Waals surface area contributed by atoms with Gasteiger partial charge in [0, 0.05) is 43.7 Å². The Morgan fingerprint density at radius 2 is 1.09 bits per heavy atom. The first-order valence-electron chi connectivity index (χ1n) is 15.8. The van der Waals surface area contributed by atoms with Crippen LogP contribution in [0.1, 0.15) is 5.56 Å². The molecule has 0 N–H and O–H groups in total. The van der Waals surface area contributed by atoms with E-state index >= 15 is 0 Å². The molecule has 3 heteroatoms. The Bertz CT molecular complexity index is 2760. The number of benzene rings is 7. The summed E-state index contributed by atoms with van der Waals surface area (Å²) in [5, 5.41) is 7.23. The fraction of sp³-hybridized carbons (Fsp3) is 0.0233. The van der Waals surface area contributed by atoms with Gasteiger partial charge in [-0.15, -0.1) is 0 Å². The lowest BCUT2D eigenvalue weighted by molar-refractivity contribution is 0.671. The third-order valence-electron chi connectivity index (χ3n) is 9.65. The molecule has 0 atom stereocenters. The average Bonchev–Trinajstić information content (AvgIpc) is 3.76. The summed E-state index contributed by atoms with van der Waals surface area (Å²) >= 11 is 0. The largest absolute Gasteiger partial charge is 0.454 e. The predicted molar refractivity (Wildman–Crippen MR) is 193 cm³/mol. The summed E-state index contributed by atoms with van der Waals surface area (Å²) in [5.41, 5.74) is 12.5. The lowest BCUT2D eigenvalue weighted by Gasteiger charge is -2.13. The van der Waals surface area contributed by atoms with E-state index in [-0.39, 0.29) is 0 Å². The van der Waals surface area contributed by atoms with Gasteiger partial charge < -0.3 is 13.6 Å². The second-order valence-corrected chi connectivity index (χ2v) is 12.2. The number of aromatic nitrogens is 2.